The molecule has 0 saturated carbocycles. The normalized spacial score (nSPS) is 24.0. The van der Waals surface area contributed by atoms with Gasteiger partial charge in [0.2, 0.25) is 0 Å². The highest BCUT2D eigenvalue weighted by Crippen LogP contribution is 2.26. The molecular weight excluding hydrogens is 236 g/mol. The van der Waals surface area contributed by atoms with Gasteiger partial charge >= 0.3 is 0 Å². The first-order chi connectivity index (χ1) is 7.86. The van der Waals surface area contributed by atoms with Crippen molar-refractivity contribution < 1.29 is 4.21 Å². The van der Waals surface area contributed by atoms with E-state index in [0.717, 1.165) is 22.2 Å². The van der Waals surface area contributed by atoms with Crippen molar-refractivity contribution in [3.05, 3.63) is 52.3 Å². The molecule has 1 heterocycles. The van der Waals surface area contributed by atoms with Crippen molar-refractivity contribution in [3.63, 3.8) is 0 Å². The van der Waals surface area contributed by atoms with E-state index >= 15 is 0 Å². The van der Waals surface area contributed by atoms with E-state index < -0.39 is 10.8 Å². The molecule has 16 heavy (non-hydrogen) atoms. The number of benzene rings is 1. The van der Waals surface area contributed by atoms with E-state index in [1.54, 1.807) is 11.8 Å². The van der Waals surface area contributed by atoms with Crippen LogP contribution >= 0.6 is 11.8 Å². The molecule has 0 radical (unpaired) electrons. The average molecular weight is 250 g/mol. The van der Waals surface area contributed by atoms with Crippen LogP contribution in [-0.2, 0) is 10.8 Å². The highest BCUT2D eigenvalue weighted by molar-refractivity contribution is 8.17. The lowest BCUT2D eigenvalue weighted by Gasteiger charge is -2.11. The fourth-order valence-electron chi connectivity index (χ4n) is 1.46. The monoisotopic (exact) mass is 250 g/mol. The Morgan fingerprint density at radius 2 is 2.06 bits per heavy atom. The first-order valence-corrected chi connectivity index (χ1v) is 7.61. The van der Waals surface area contributed by atoms with Gasteiger partial charge in [-0.25, -0.2) is 0 Å². The maximum atomic E-state index is 11.6. The Hall–Kier alpha value is -0.800. The molecule has 3 heteroatoms. The maximum Gasteiger partial charge on any atom is 0.0716 e. The molecule has 0 aliphatic carbocycles. The van der Waals surface area contributed by atoms with Gasteiger partial charge in [-0.3, -0.25) is 4.21 Å². The molecule has 0 N–H and O–H groups in total. The summed E-state index contributed by atoms with van der Waals surface area (Å²) in [6.45, 7) is 0. The van der Waals surface area contributed by atoms with Gasteiger partial charge in [-0.15, -0.1) is 11.8 Å². The van der Waals surface area contributed by atoms with Crippen LogP contribution in [0.5, 0.6) is 0 Å². The van der Waals surface area contributed by atoms with Crippen molar-refractivity contribution in [2.24, 2.45) is 0 Å². The third-order valence-corrected chi connectivity index (χ3v) is 5.33. The highest BCUT2D eigenvalue weighted by Gasteiger charge is 2.12. The SMILES string of the molecule is O=S1CCCS/C1=C/C=C/c1ccccc1. The van der Waals surface area contributed by atoms with E-state index in [1.165, 1.54) is 5.56 Å². The molecule has 1 unspecified atom stereocenters. The Morgan fingerprint density at radius 1 is 1.25 bits per heavy atom. The summed E-state index contributed by atoms with van der Waals surface area (Å²) in [5.41, 5.74) is 1.17. The van der Waals surface area contributed by atoms with Crippen molar-refractivity contribution in [2.75, 3.05) is 11.5 Å². The van der Waals surface area contributed by atoms with E-state index in [2.05, 4.69) is 12.1 Å². The molecule has 0 amide bonds. The molecule has 0 spiro atoms. The third-order valence-electron chi connectivity index (χ3n) is 2.26. The fraction of sp³-hybridized carbons (Fsp3) is 0.231. The van der Waals surface area contributed by atoms with Crippen LogP contribution in [0.4, 0.5) is 0 Å². The van der Waals surface area contributed by atoms with Gasteiger partial charge in [0.15, 0.2) is 0 Å². The Labute approximate surface area is 103 Å². The summed E-state index contributed by atoms with van der Waals surface area (Å²) < 4.78 is 12.6. The summed E-state index contributed by atoms with van der Waals surface area (Å²) in [6, 6.07) is 10.1. The lowest BCUT2D eigenvalue weighted by molar-refractivity contribution is 0.686. The van der Waals surface area contributed by atoms with Crippen LogP contribution in [0, 0.1) is 0 Å². The summed E-state index contributed by atoms with van der Waals surface area (Å²) in [6.07, 6.45) is 7.07. The van der Waals surface area contributed by atoms with Crippen LogP contribution in [0.15, 0.2) is 46.7 Å². The molecule has 1 atom stereocenters. The molecule has 1 fully saturated rings. The van der Waals surface area contributed by atoms with Crippen LogP contribution in [0.3, 0.4) is 0 Å². The second-order valence-corrected chi connectivity index (χ2v) is 6.44. The molecule has 0 aromatic heterocycles. The van der Waals surface area contributed by atoms with Gasteiger partial charge in [0, 0.05) is 5.75 Å². The van der Waals surface area contributed by atoms with E-state index in [1.807, 2.05) is 36.4 Å². The third kappa shape index (κ3) is 3.35. The van der Waals surface area contributed by atoms with Crippen LogP contribution in [0.2, 0.25) is 0 Å². The van der Waals surface area contributed by atoms with Crippen LogP contribution in [-0.4, -0.2) is 15.7 Å². The summed E-state index contributed by atoms with van der Waals surface area (Å²) in [4.78, 5) is 0. The second kappa shape index (κ2) is 6.06. The zero-order valence-electron chi connectivity index (χ0n) is 8.96. The Balaban J connectivity index is 2.02. The summed E-state index contributed by atoms with van der Waals surface area (Å²) >= 11 is 1.72. The van der Waals surface area contributed by atoms with E-state index in [4.69, 9.17) is 0 Å². The first-order valence-electron chi connectivity index (χ1n) is 5.31. The second-order valence-electron chi connectivity index (χ2n) is 3.51. The Morgan fingerprint density at radius 3 is 2.81 bits per heavy atom. The number of rotatable bonds is 2. The summed E-state index contributed by atoms with van der Waals surface area (Å²) in [7, 11) is -0.763. The quantitative estimate of drug-likeness (QED) is 0.800. The number of allylic oxidation sites excluding steroid dienone is 2. The average Bonchev–Trinajstić information content (AvgIpc) is 2.33. The van der Waals surface area contributed by atoms with Crippen molar-refractivity contribution in [3.8, 4) is 0 Å². The Kier molecular flexibility index (Phi) is 4.43. The van der Waals surface area contributed by atoms with Crippen molar-refractivity contribution in [2.45, 2.75) is 6.42 Å². The number of thioether (sulfide) groups is 1. The largest absolute Gasteiger partial charge is 0.254 e. The van der Waals surface area contributed by atoms with Crippen molar-refractivity contribution in [1.82, 2.24) is 0 Å². The van der Waals surface area contributed by atoms with Crippen molar-refractivity contribution in [1.29, 1.82) is 0 Å². The minimum atomic E-state index is -0.763. The number of hydrogen-bond donors (Lipinski definition) is 0. The maximum absolute atomic E-state index is 11.6. The minimum Gasteiger partial charge on any atom is -0.254 e. The molecule has 0 bridgehead atoms. The lowest BCUT2D eigenvalue weighted by Crippen LogP contribution is -2.06. The smallest absolute Gasteiger partial charge is 0.0716 e. The molecule has 1 aliphatic heterocycles. The van der Waals surface area contributed by atoms with Gasteiger partial charge in [-0.1, -0.05) is 42.5 Å². The minimum absolute atomic E-state index is 0.763. The molecule has 2 rings (SSSR count). The lowest BCUT2D eigenvalue weighted by atomic mass is 10.2. The van der Waals surface area contributed by atoms with Crippen molar-refractivity contribution >= 4 is 28.6 Å². The standard InChI is InChI=1S/C13H14OS2/c14-16-11-5-10-15-13(16)9-4-8-12-6-2-1-3-7-12/h1-4,6-9H,5,10-11H2/b8-4+,13-9-. The molecule has 1 saturated heterocycles. The van der Waals surface area contributed by atoms with Gasteiger partial charge in [0.05, 0.1) is 15.0 Å². The fourth-order valence-corrected chi connectivity index (χ4v) is 4.17. The zero-order chi connectivity index (χ0) is 11.2. The molecule has 1 aromatic carbocycles. The van der Waals surface area contributed by atoms with E-state index in [-0.39, 0.29) is 0 Å². The predicted molar refractivity (Wildman–Crippen MR) is 73.6 cm³/mol. The summed E-state index contributed by atoms with van der Waals surface area (Å²) in [5.74, 6) is 1.91. The van der Waals surface area contributed by atoms with Gasteiger partial charge in [0.1, 0.15) is 0 Å². The van der Waals surface area contributed by atoms with Crippen LogP contribution in [0.1, 0.15) is 12.0 Å². The first kappa shape index (κ1) is 11.7. The van der Waals surface area contributed by atoms with Gasteiger partial charge in [-0.05, 0) is 23.8 Å². The topological polar surface area (TPSA) is 17.1 Å². The molecule has 1 aromatic rings. The van der Waals surface area contributed by atoms with Gasteiger partial charge in [0.25, 0.3) is 0 Å². The molecule has 84 valence electrons. The molecule has 1 nitrogen and oxygen atoms in total. The number of hydrogen-bond acceptors (Lipinski definition) is 2. The van der Waals surface area contributed by atoms with E-state index in [0.29, 0.717) is 0 Å². The Bertz CT molecular complexity index is 421. The van der Waals surface area contributed by atoms with Gasteiger partial charge in [-0.2, -0.15) is 0 Å². The highest BCUT2D eigenvalue weighted by atomic mass is 32.2. The van der Waals surface area contributed by atoms with Gasteiger partial charge < -0.3 is 0 Å². The van der Waals surface area contributed by atoms with Crippen LogP contribution in [0.25, 0.3) is 6.08 Å². The molecule has 1 aliphatic rings. The van der Waals surface area contributed by atoms with E-state index in [9.17, 15) is 4.21 Å². The molecular formula is C13H14OS2. The zero-order valence-corrected chi connectivity index (χ0v) is 10.6. The predicted octanol–water partition coefficient (Wildman–Crippen LogP) is 3.43. The summed E-state index contributed by atoms with van der Waals surface area (Å²) in [5, 5.41) is 0. The van der Waals surface area contributed by atoms with Crippen LogP contribution < -0.4 is 0 Å².